The van der Waals surface area contributed by atoms with E-state index in [9.17, 15) is 0 Å². The Hall–Kier alpha value is -0.740. The Morgan fingerprint density at radius 2 is 2.36 bits per heavy atom. The van der Waals surface area contributed by atoms with Gasteiger partial charge in [-0.15, -0.1) is 11.3 Å². The average molecular weight is 214 g/mol. The van der Waals surface area contributed by atoms with Gasteiger partial charge in [0.05, 0.1) is 11.6 Å². The summed E-state index contributed by atoms with van der Waals surface area (Å²) < 4.78 is 5.13. The van der Waals surface area contributed by atoms with Gasteiger partial charge in [-0.3, -0.25) is 0 Å². The van der Waals surface area contributed by atoms with Gasteiger partial charge in [-0.25, -0.2) is 0 Å². The molecule has 0 spiro atoms. The first-order valence-electron chi connectivity index (χ1n) is 4.67. The second kappa shape index (κ2) is 5.22. The van der Waals surface area contributed by atoms with Gasteiger partial charge in [0.25, 0.3) is 0 Å². The van der Waals surface area contributed by atoms with Crippen molar-refractivity contribution < 1.29 is 4.74 Å². The number of methoxy groups -OCH3 is 1. The van der Waals surface area contributed by atoms with Gasteiger partial charge in [-0.1, -0.05) is 0 Å². The van der Waals surface area contributed by atoms with Crippen molar-refractivity contribution in [3.05, 3.63) is 11.4 Å². The predicted molar refractivity (Wildman–Crippen MR) is 63.6 cm³/mol. The van der Waals surface area contributed by atoms with Crippen LogP contribution in [0.5, 0.6) is 0 Å². The Bertz CT molecular complexity index is 275. The fourth-order valence-corrected chi connectivity index (χ4v) is 2.19. The van der Waals surface area contributed by atoms with Crippen LogP contribution in [-0.2, 0) is 4.74 Å². The van der Waals surface area contributed by atoms with E-state index in [0.717, 1.165) is 6.61 Å². The molecule has 0 aliphatic heterocycles. The molecule has 0 fully saturated rings. The molecule has 0 saturated carbocycles. The molecule has 1 atom stereocenters. The number of thiophene rings is 1. The maximum atomic E-state index is 5.13. The van der Waals surface area contributed by atoms with Crippen LogP contribution in [-0.4, -0.2) is 33.9 Å². The molecule has 1 unspecified atom stereocenters. The third kappa shape index (κ3) is 2.62. The summed E-state index contributed by atoms with van der Waals surface area (Å²) in [5.41, 5.74) is 1.17. The maximum Gasteiger partial charge on any atom is 0.0930 e. The number of nitrogens with zero attached hydrogens (tertiary/aromatic N) is 1. The molecule has 0 bridgehead atoms. The molecular formula is C10H18N2OS. The summed E-state index contributed by atoms with van der Waals surface area (Å²) in [5.74, 6) is 0. The average Bonchev–Trinajstić information content (AvgIpc) is 2.65. The first kappa shape index (κ1) is 11.3. The molecule has 1 aromatic rings. The lowest BCUT2D eigenvalue weighted by Crippen LogP contribution is -2.31. The van der Waals surface area contributed by atoms with Crippen LogP contribution in [0.3, 0.4) is 0 Å². The van der Waals surface area contributed by atoms with E-state index in [0.29, 0.717) is 6.04 Å². The van der Waals surface area contributed by atoms with E-state index in [1.54, 1.807) is 18.4 Å². The van der Waals surface area contributed by atoms with Crippen LogP contribution in [0.2, 0.25) is 0 Å². The zero-order valence-electron chi connectivity index (χ0n) is 9.20. The van der Waals surface area contributed by atoms with Crippen LogP contribution < -0.4 is 10.2 Å². The van der Waals surface area contributed by atoms with Crippen molar-refractivity contribution in [2.45, 2.75) is 13.0 Å². The van der Waals surface area contributed by atoms with Crippen molar-refractivity contribution >= 4 is 22.0 Å². The highest BCUT2D eigenvalue weighted by molar-refractivity contribution is 7.14. The highest BCUT2D eigenvalue weighted by Gasteiger charge is 2.11. The van der Waals surface area contributed by atoms with Crippen molar-refractivity contribution in [3.63, 3.8) is 0 Å². The zero-order chi connectivity index (χ0) is 10.6. The summed E-state index contributed by atoms with van der Waals surface area (Å²) in [5, 5.41) is 6.50. The minimum absolute atomic E-state index is 0.406. The van der Waals surface area contributed by atoms with Crippen LogP contribution in [0.4, 0.5) is 10.7 Å². The predicted octanol–water partition coefficient (Wildman–Crippen LogP) is 2.26. The van der Waals surface area contributed by atoms with Crippen molar-refractivity contribution in [2.75, 3.05) is 38.0 Å². The lowest BCUT2D eigenvalue weighted by atomic mass is 10.3. The fraction of sp³-hybridized carbons (Fsp3) is 0.600. The smallest absolute Gasteiger partial charge is 0.0930 e. The molecule has 1 N–H and O–H groups in total. The molecule has 14 heavy (non-hydrogen) atoms. The van der Waals surface area contributed by atoms with E-state index in [4.69, 9.17) is 4.74 Å². The monoisotopic (exact) mass is 214 g/mol. The number of ether oxygens (including phenoxy) is 1. The van der Waals surface area contributed by atoms with Gasteiger partial charge in [-0.05, 0) is 13.0 Å². The van der Waals surface area contributed by atoms with E-state index in [2.05, 4.69) is 35.6 Å². The Morgan fingerprint density at radius 1 is 1.64 bits per heavy atom. The van der Waals surface area contributed by atoms with E-state index in [-0.39, 0.29) is 0 Å². The van der Waals surface area contributed by atoms with Crippen molar-refractivity contribution in [1.82, 2.24) is 0 Å². The van der Waals surface area contributed by atoms with Crippen molar-refractivity contribution in [3.8, 4) is 0 Å². The summed E-state index contributed by atoms with van der Waals surface area (Å²) in [4.78, 5) is 2.23. The van der Waals surface area contributed by atoms with Gasteiger partial charge in [0, 0.05) is 38.3 Å². The van der Waals surface area contributed by atoms with Crippen molar-refractivity contribution in [2.24, 2.45) is 0 Å². The van der Waals surface area contributed by atoms with Gasteiger partial charge < -0.3 is 15.0 Å². The minimum atomic E-state index is 0.406. The highest BCUT2D eigenvalue weighted by atomic mass is 32.1. The van der Waals surface area contributed by atoms with Gasteiger partial charge in [-0.2, -0.15) is 0 Å². The Morgan fingerprint density at radius 3 is 2.86 bits per heavy atom. The van der Waals surface area contributed by atoms with E-state index in [1.165, 1.54) is 10.7 Å². The van der Waals surface area contributed by atoms with Crippen LogP contribution in [0, 0.1) is 0 Å². The largest absolute Gasteiger partial charge is 0.387 e. The molecule has 3 nitrogen and oxygen atoms in total. The number of nitrogens with one attached hydrogen (secondary N) is 1. The second-order valence-corrected chi connectivity index (χ2v) is 4.23. The van der Waals surface area contributed by atoms with Gasteiger partial charge in [0.2, 0.25) is 0 Å². The van der Waals surface area contributed by atoms with Gasteiger partial charge in [0.1, 0.15) is 0 Å². The first-order chi connectivity index (χ1) is 6.69. The van der Waals surface area contributed by atoms with Crippen LogP contribution in [0.25, 0.3) is 0 Å². The van der Waals surface area contributed by atoms with Crippen LogP contribution in [0.1, 0.15) is 6.92 Å². The molecule has 1 rings (SSSR count). The molecule has 80 valence electrons. The molecule has 0 saturated heterocycles. The Kier molecular flexibility index (Phi) is 4.22. The summed E-state index contributed by atoms with van der Waals surface area (Å²) in [7, 11) is 5.76. The van der Waals surface area contributed by atoms with Gasteiger partial charge in [0.15, 0.2) is 0 Å². The minimum Gasteiger partial charge on any atom is -0.387 e. The SMILES string of the molecule is CNc1csc(N(C)C(C)COC)c1. The number of hydrogen-bond acceptors (Lipinski definition) is 4. The standard InChI is InChI=1S/C10H18N2OS/c1-8(6-13-4)12(3)10-5-9(11-2)7-14-10/h5,7-8,11H,6H2,1-4H3. The molecule has 1 heterocycles. The summed E-state index contributed by atoms with van der Waals surface area (Å²) in [6.45, 7) is 2.91. The summed E-state index contributed by atoms with van der Waals surface area (Å²) in [6, 6.07) is 2.56. The molecular weight excluding hydrogens is 196 g/mol. The topological polar surface area (TPSA) is 24.5 Å². The molecule has 0 radical (unpaired) electrons. The van der Waals surface area contributed by atoms with E-state index in [1.807, 2.05) is 7.05 Å². The second-order valence-electron chi connectivity index (χ2n) is 3.34. The zero-order valence-corrected chi connectivity index (χ0v) is 10.0. The van der Waals surface area contributed by atoms with Gasteiger partial charge >= 0.3 is 0 Å². The third-order valence-corrected chi connectivity index (χ3v) is 3.31. The molecule has 0 aromatic carbocycles. The fourth-order valence-electron chi connectivity index (χ4n) is 1.21. The van der Waals surface area contributed by atoms with E-state index < -0.39 is 0 Å². The van der Waals surface area contributed by atoms with Crippen LogP contribution >= 0.6 is 11.3 Å². The lowest BCUT2D eigenvalue weighted by molar-refractivity contribution is 0.183. The maximum absolute atomic E-state index is 5.13. The normalized spacial score (nSPS) is 12.6. The van der Waals surface area contributed by atoms with Crippen molar-refractivity contribution in [1.29, 1.82) is 0 Å². The molecule has 1 aromatic heterocycles. The molecule has 0 aliphatic rings. The molecule has 0 amide bonds. The Balaban J connectivity index is 2.63. The summed E-state index contributed by atoms with van der Waals surface area (Å²) >= 11 is 1.74. The third-order valence-electron chi connectivity index (χ3n) is 2.29. The first-order valence-corrected chi connectivity index (χ1v) is 5.55. The summed E-state index contributed by atoms with van der Waals surface area (Å²) in [6.07, 6.45) is 0. The lowest BCUT2D eigenvalue weighted by Gasteiger charge is -2.24. The molecule has 0 aliphatic carbocycles. The number of hydrogen-bond donors (Lipinski definition) is 1. The Labute approximate surface area is 89.7 Å². The number of rotatable bonds is 5. The quantitative estimate of drug-likeness (QED) is 0.813. The number of anilines is 2. The number of likely N-dealkylation sites (N-methyl/N-ethyl adjacent to an activating group) is 1. The highest BCUT2D eigenvalue weighted by Crippen LogP contribution is 2.28. The van der Waals surface area contributed by atoms with Crippen LogP contribution in [0.15, 0.2) is 11.4 Å². The van der Waals surface area contributed by atoms with E-state index >= 15 is 0 Å². The molecule has 4 heteroatoms.